The number of fused-ring (bicyclic) bond motifs is 1. The molecule has 0 fully saturated rings. The fourth-order valence-corrected chi connectivity index (χ4v) is 3.74. The number of benzene rings is 1. The van der Waals surface area contributed by atoms with Crippen molar-refractivity contribution < 1.29 is 23.5 Å². The van der Waals surface area contributed by atoms with Crippen molar-refractivity contribution in [2.24, 2.45) is 0 Å². The molecule has 0 saturated carbocycles. The molecule has 1 aliphatic rings. The van der Waals surface area contributed by atoms with E-state index in [2.05, 4.69) is 4.98 Å². The predicted molar refractivity (Wildman–Crippen MR) is 99.6 cm³/mol. The van der Waals surface area contributed by atoms with Crippen molar-refractivity contribution in [3.05, 3.63) is 64.0 Å². The van der Waals surface area contributed by atoms with E-state index in [0.717, 1.165) is 16.7 Å². The largest absolute Gasteiger partial charge is 0.477 e. The van der Waals surface area contributed by atoms with Crippen LogP contribution in [0.4, 0.5) is 8.78 Å². The van der Waals surface area contributed by atoms with Gasteiger partial charge in [0.1, 0.15) is 0 Å². The number of carbonyl (C=O) groups is 2. The van der Waals surface area contributed by atoms with Crippen LogP contribution in [0.25, 0.3) is 0 Å². The SMILES string of the molecule is Cc1cc(CN2Cc3c(ccnc3C(=O)O)C2=O)ccc1C(C)CCC(F)F. The average Bonchev–Trinajstić information content (AvgIpc) is 2.95. The summed E-state index contributed by atoms with van der Waals surface area (Å²) in [6.07, 6.45) is -0.662. The van der Waals surface area contributed by atoms with Crippen LogP contribution in [0, 0.1) is 6.92 Å². The molecule has 1 unspecified atom stereocenters. The minimum Gasteiger partial charge on any atom is -0.477 e. The Kier molecular flexibility index (Phi) is 5.72. The molecule has 3 rings (SSSR count). The fraction of sp³-hybridized carbons (Fsp3) is 0.381. The van der Waals surface area contributed by atoms with E-state index >= 15 is 0 Å². The highest BCUT2D eigenvalue weighted by atomic mass is 19.3. The van der Waals surface area contributed by atoms with Gasteiger partial charge in [0.2, 0.25) is 6.43 Å². The number of aryl methyl sites for hydroxylation is 1. The molecular formula is C21H22F2N2O3. The monoisotopic (exact) mass is 388 g/mol. The highest BCUT2D eigenvalue weighted by Gasteiger charge is 2.31. The van der Waals surface area contributed by atoms with Gasteiger partial charge in [0.15, 0.2) is 5.69 Å². The van der Waals surface area contributed by atoms with Gasteiger partial charge in [-0.05, 0) is 42.0 Å². The van der Waals surface area contributed by atoms with Gasteiger partial charge in [0.05, 0.1) is 0 Å². The lowest BCUT2D eigenvalue weighted by Gasteiger charge is -2.19. The number of carboxylic acids is 1. The number of aromatic nitrogens is 1. The number of pyridine rings is 1. The zero-order valence-electron chi connectivity index (χ0n) is 15.8. The Bertz CT molecular complexity index is 915. The van der Waals surface area contributed by atoms with E-state index in [1.807, 2.05) is 32.0 Å². The summed E-state index contributed by atoms with van der Waals surface area (Å²) in [4.78, 5) is 29.4. The van der Waals surface area contributed by atoms with Crippen LogP contribution >= 0.6 is 0 Å². The van der Waals surface area contributed by atoms with Crippen molar-refractivity contribution in [2.75, 3.05) is 0 Å². The van der Waals surface area contributed by atoms with Crippen molar-refractivity contribution in [1.29, 1.82) is 0 Å². The number of carbonyl (C=O) groups excluding carboxylic acids is 1. The first-order valence-electron chi connectivity index (χ1n) is 9.16. The summed E-state index contributed by atoms with van der Waals surface area (Å²) in [5.41, 5.74) is 3.66. The maximum absolute atomic E-state index is 12.6. The molecule has 1 aromatic heterocycles. The molecule has 0 bridgehead atoms. The summed E-state index contributed by atoms with van der Waals surface area (Å²) < 4.78 is 24.9. The van der Waals surface area contributed by atoms with Crippen LogP contribution in [0.3, 0.4) is 0 Å². The van der Waals surface area contributed by atoms with E-state index in [0.29, 0.717) is 24.1 Å². The number of carboxylic acid groups (broad SMARTS) is 1. The number of amides is 1. The molecule has 5 nitrogen and oxygen atoms in total. The van der Waals surface area contributed by atoms with Gasteiger partial charge in [-0.25, -0.2) is 18.6 Å². The fourth-order valence-electron chi connectivity index (χ4n) is 3.74. The zero-order chi connectivity index (χ0) is 20.4. The lowest BCUT2D eigenvalue weighted by Crippen LogP contribution is -2.23. The minimum absolute atomic E-state index is 0.0323. The molecule has 1 atom stereocenters. The summed E-state index contributed by atoms with van der Waals surface area (Å²) in [5.74, 6) is -1.33. The number of alkyl halides is 2. The summed E-state index contributed by atoms with van der Waals surface area (Å²) in [6.45, 7) is 4.42. The standard InChI is InChI=1S/C21H22F2N2O3/c1-12(3-6-18(22)23)15-5-4-14(9-13(15)2)10-25-11-17-16(20(25)26)7-8-24-19(17)21(27)28/h4-5,7-9,12,18H,3,6,10-11H2,1-2H3,(H,27,28). The third kappa shape index (κ3) is 4.03. The van der Waals surface area contributed by atoms with Crippen molar-refractivity contribution in [1.82, 2.24) is 9.88 Å². The molecular weight excluding hydrogens is 366 g/mol. The molecule has 1 aliphatic heterocycles. The first-order chi connectivity index (χ1) is 13.3. The van der Waals surface area contributed by atoms with Gasteiger partial charge in [0.25, 0.3) is 5.91 Å². The molecule has 28 heavy (non-hydrogen) atoms. The zero-order valence-corrected chi connectivity index (χ0v) is 15.8. The second-order valence-corrected chi connectivity index (χ2v) is 7.21. The molecule has 1 N–H and O–H groups in total. The van der Waals surface area contributed by atoms with Crippen LogP contribution in [-0.4, -0.2) is 33.3 Å². The van der Waals surface area contributed by atoms with Crippen molar-refractivity contribution in [3.63, 3.8) is 0 Å². The maximum Gasteiger partial charge on any atom is 0.354 e. The number of rotatable bonds is 7. The van der Waals surface area contributed by atoms with Crippen LogP contribution in [0.5, 0.6) is 0 Å². The van der Waals surface area contributed by atoms with E-state index in [1.54, 1.807) is 11.0 Å². The van der Waals surface area contributed by atoms with E-state index in [1.165, 1.54) is 6.20 Å². The van der Waals surface area contributed by atoms with Crippen molar-refractivity contribution in [3.8, 4) is 0 Å². The van der Waals surface area contributed by atoms with Crippen LogP contribution in [0.15, 0.2) is 30.5 Å². The van der Waals surface area contributed by atoms with E-state index in [4.69, 9.17) is 0 Å². The van der Waals surface area contributed by atoms with Gasteiger partial charge in [0, 0.05) is 36.8 Å². The van der Waals surface area contributed by atoms with E-state index in [9.17, 15) is 23.5 Å². The average molecular weight is 388 g/mol. The van der Waals surface area contributed by atoms with Gasteiger partial charge < -0.3 is 10.0 Å². The molecule has 7 heteroatoms. The molecule has 2 aromatic rings. The Morgan fingerprint density at radius 3 is 2.68 bits per heavy atom. The van der Waals surface area contributed by atoms with Crippen LogP contribution in [0.2, 0.25) is 0 Å². The van der Waals surface area contributed by atoms with Gasteiger partial charge in [-0.2, -0.15) is 0 Å². The van der Waals surface area contributed by atoms with Crippen LogP contribution in [0.1, 0.15) is 68.8 Å². The third-order valence-electron chi connectivity index (χ3n) is 5.18. The number of hydrogen-bond acceptors (Lipinski definition) is 3. The summed E-state index contributed by atoms with van der Waals surface area (Å²) in [5, 5.41) is 9.27. The normalized spacial score (nSPS) is 14.5. The summed E-state index contributed by atoms with van der Waals surface area (Å²) in [7, 11) is 0. The van der Waals surface area contributed by atoms with Crippen molar-refractivity contribution >= 4 is 11.9 Å². The Balaban J connectivity index is 1.74. The van der Waals surface area contributed by atoms with Crippen LogP contribution < -0.4 is 0 Å². The first kappa shape index (κ1) is 19.9. The molecule has 0 aliphatic carbocycles. The summed E-state index contributed by atoms with van der Waals surface area (Å²) in [6, 6.07) is 7.33. The number of nitrogens with zero attached hydrogens (tertiary/aromatic N) is 2. The molecule has 2 heterocycles. The number of halogens is 2. The molecule has 0 spiro atoms. The quantitative estimate of drug-likeness (QED) is 0.764. The Morgan fingerprint density at radius 1 is 1.29 bits per heavy atom. The van der Waals surface area contributed by atoms with Gasteiger partial charge in [-0.1, -0.05) is 25.1 Å². The predicted octanol–water partition coefficient (Wildman–Crippen LogP) is 4.39. The Morgan fingerprint density at radius 2 is 2.04 bits per heavy atom. The third-order valence-corrected chi connectivity index (χ3v) is 5.18. The maximum atomic E-state index is 12.6. The molecule has 0 saturated heterocycles. The van der Waals surface area contributed by atoms with Gasteiger partial charge >= 0.3 is 5.97 Å². The topological polar surface area (TPSA) is 70.5 Å². The number of aromatic carboxylic acids is 1. The number of hydrogen-bond donors (Lipinski definition) is 1. The first-order valence-corrected chi connectivity index (χ1v) is 9.16. The van der Waals surface area contributed by atoms with E-state index < -0.39 is 12.4 Å². The minimum atomic E-state index is -2.30. The Labute approximate surface area is 162 Å². The highest BCUT2D eigenvalue weighted by Crippen LogP contribution is 2.29. The van der Waals surface area contributed by atoms with Gasteiger partial charge in [-0.3, -0.25) is 4.79 Å². The summed E-state index contributed by atoms with van der Waals surface area (Å²) >= 11 is 0. The van der Waals surface area contributed by atoms with Crippen LogP contribution in [-0.2, 0) is 13.1 Å². The molecule has 0 radical (unpaired) electrons. The molecule has 148 valence electrons. The smallest absolute Gasteiger partial charge is 0.354 e. The molecule has 1 amide bonds. The highest BCUT2D eigenvalue weighted by molar-refractivity contribution is 6.01. The lowest BCUT2D eigenvalue weighted by atomic mass is 9.91. The van der Waals surface area contributed by atoms with Crippen molar-refractivity contribution in [2.45, 2.75) is 52.1 Å². The molecule has 1 aromatic carbocycles. The van der Waals surface area contributed by atoms with Gasteiger partial charge in [-0.15, -0.1) is 0 Å². The van der Waals surface area contributed by atoms with E-state index in [-0.39, 0.29) is 30.5 Å². The Hall–Kier alpha value is -2.83. The second-order valence-electron chi connectivity index (χ2n) is 7.21. The lowest BCUT2D eigenvalue weighted by molar-refractivity contribution is 0.0685. The second kappa shape index (κ2) is 8.04.